The molecule has 0 spiro atoms. The van der Waals surface area contributed by atoms with Gasteiger partial charge in [0.15, 0.2) is 17.8 Å². The normalized spacial score (nSPS) is 18.7. The minimum Gasteiger partial charge on any atom is -0.494 e. The number of rotatable bonds is 2. The summed E-state index contributed by atoms with van der Waals surface area (Å²) in [6.07, 6.45) is 1.70. The molecule has 0 radical (unpaired) electrons. The minimum absolute atomic E-state index is 0.00543. The van der Waals surface area contributed by atoms with E-state index in [1.165, 1.54) is 19.1 Å². The Morgan fingerprint density at radius 2 is 2.11 bits per heavy atom. The third kappa shape index (κ3) is 2.05. The predicted octanol–water partition coefficient (Wildman–Crippen LogP) is 1.86. The van der Waals surface area contributed by atoms with Gasteiger partial charge in [0.05, 0.1) is 19.7 Å². The van der Waals surface area contributed by atoms with Gasteiger partial charge in [0.1, 0.15) is 5.82 Å². The molecule has 1 atom stereocenters. The second-order valence-electron chi connectivity index (χ2n) is 4.13. The van der Waals surface area contributed by atoms with Crippen molar-refractivity contribution in [1.82, 2.24) is 9.80 Å². The molecule has 100 valence electrons. The van der Waals surface area contributed by atoms with Crippen molar-refractivity contribution in [3.05, 3.63) is 29.3 Å². The molecule has 7 heteroatoms. The number of hydrogen-bond donors (Lipinski definition) is 0. The van der Waals surface area contributed by atoms with Crippen molar-refractivity contribution in [2.75, 3.05) is 20.7 Å². The lowest BCUT2D eigenvalue weighted by atomic mass is 10.1. The van der Waals surface area contributed by atoms with Crippen LogP contribution in [0.2, 0.25) is 0 Å². The van der Waals surface area contributed by atoms with Crippen LogP contribution < -0.4 is 4.74 Å². The molecule has 1 aliphatic heterocycles. The molecule has 1 heterocycles. The highest BCUT2D eigenvalue weighted by molar-refractivity contribution is 5.78. The number of carbonyl (C=O) groups excluding carboxylic acids is 1. The third-order valence-electron chi connectivity index (χ3n) is 3.11. The zero-order valence-corrected chi connectivity index (χ0v) is 10.4. The first-order valence-corrected chi connectivity index (χ1v) is 5.46. The van der Waals surface area contributed by atoms with Crippen molar-refractivity contribution in [2.24, 2.45) is 0 Å². The number of amides is 2. The van der Waals surface area contributed by atoms with E-state index in [-0.39, 0.29) is 17.9 Å². The van der Waals surface area contributed by atoms with E-state index in [1.54, 1.807) is 6.19 Å². The van der Waals surface area contributed by atoms with Crippen LogP contribution in [0.5, 0.6) is 5.75 Å². The first kappa shape index (κ1) is 13.1. The van der Waals surface area contributed by atoms with Crippen LogP contribution in [0.1, 0.15) is 11.6 Å². The van der Waals surface area contributed by atoms with Crippen LogP contribution in [-0.2, 0) is 0 Å². The number of likely N-dealkylation sites (N-methyl/N-ethyl adjacent to an activating group) is 1. The van der Waals surface area contributed by atoms with Crippen LogP contribution >= 0.6 is 0 Å². The van der Waals surface area contributed by atoms with Crippen LogP contribution in [0.25, 0.3) is 0 Å². The van der Waals surface area contributed by atoms with E-state index in [9.17, 15) is 13.6 Å². The Balaban J connectivity index is 2.41. The Labute approximate surface area is 108 Å². The molecule has 1 fully saturated rings. The van der Waals surface area contributed by atoms with Crippen LogP contribution in [0.15, 0.2) is 12.1 Å². The molecular formula is C12H11F2N3O2. The van der Waals surface area contributed by atoms with Crippen molar-refractivity contribution in [3.63, 3.8) is 0 Å². The van der Waals surface area contributed by atoms with Crippen molar-refractivity contribution >= 4 is 6.03 Å². The summed E-state index contributed by atoms with van der Waals surface area (Å²) in [6, 6.07) is 0.678. The van der Waals surface area contributed by atoms with Gasteiger partial charge < -0.3 is 9.64 Å². The van der Waals surface area contributed by atoms with Gasteiger partial charge >= 0.3 is 6.03 Å². The van der Waals surface area contributed by atoms with Crippen molar-refractivity contribution < 1.29 is 18.3 Å². The molecule has 1 aromatic rings. The largest absolute Gasteiger partial charge is 0.494 e. The van der Waals surface area contributed by atoms with Crippen LogP contribution in [-0.4, -0.2) is 36.5 Å². The number of nitrogens with zero attached hydrogens (tertiary/aromatic N) is 3. The maximum absolute atomic E-state index is 13.9. The molecule has 1 saturated heterocycles. The Morgan fingerprint density at radius 1 is 1.42 bits per heavy atom. The predicted molar refractivity (Wildman–Crippen MR) is 61.1 cm³/mol. The lowest BCUT2D eigenvalue weighted by Crippen LogP contribution is -2.26. The van der Waals surface area contributed by atoms with Crippen LogP contribution in [0, 0.1) is 23.1 Å². The summed E-state index contributed by atoms with van der Waals surface area (Å²) in [5.74, 6) is -1.59. The molecule has 0 bridgehead atoms. The maximum atomic E-state index is 13.9. The van der Waals surface area contributed by atoms with Gasteiger partial charge in [0, 0.05) is 18.7 Å². The van der Waals surface area contributed by atoms with E-state index < -0.39 is 23.7 Å². The lowest BCUT2D eigenvalue weighted by molar-refractivity contribution is 0.205. The molecule has 0 N–H and O–H groups in total. The summed E-state index contributed by atoms with van der Waals surface area (Å²) >= 11 is 0. The average molecular weight is 267 g/mol. The Morgan fingerprint density at radius 3 is 2.63 bits per heavy atom. The Kier molecular flexibility index (Phi) is 3.25. The van der Waals surface area contributed by atoms with Gasteiger partial charge in [-0.1, -0.05) is 0 Å². The molecule has 5 nitrogen and oxygen atoms in total. The monoisotopic (exact) mass is 267 g/mol. The SMILES string of the molecule is COc1cc(F)c(C2CN(C#N)C(=O)N2C)cc1F. The van der Waals surface area contributed by atoms with Crippen molar-refractivity contribution in [2.45, 2.75) is 6.04 Å². The average Bonchev–Trinajstić information content (AvgIpc) is 2.68. The van der Waals surface area contributed by atoms with E-state index in [0.717, 1.165) is 17.0 Å². The van der Waals surface area contributed by atoms with Crippen molar-refractivity contribution in [1.29, 1.82) is 5.26 Å². The topological polar surface area (TPSA) is 56.6 Å². The number of carbonyl (C=O) groups is 1. The van der Waals surface area contributed by atoms with Gasteiger partial charge in [0.25, 0.3) is 0 Å². The zero-order chi connectivity index (χ0) is 14.2. The summed E-state index contributed by atoms with van der Waals surface area (Å²) in [5, 5.41) is 8.77. The minimum atomic E-state index is -0.713. The number of hydrogen-bond acceptors (Lipinski definition) is 3. The maximum Gasteiger partial charge on any atom is 0.333 e. The molecule has 0 aromatic heterocycles. The number of ether oxygens (including phenoxy) is 1. The molecule has 2 rings (SSSR count). The number of benzene rings is 1. The van der Waals surface area contributed by atoms with Gasteiger partial charge in [-0.2, -0.15) is 5.26 Å². The highest BCUT2D eigenvalue weighted by Crippen LogP contribution is 2.32. The standard InChI is InChI=1S/C12H11F2N3O2/c1-16-10(5-17(6-15)12(16)18)7-3-9(14)11(19-2)4-8(7)13/h3-4,10H,5H2,1-2H3. The van der Waals surface area contributed by atoms with E-state index in [1.807, 2.05) is 0 Å². The molecule has 1 aliphatic rings. The summed E-state index contributed by atoms with van der Waals surface area (Å²) in [5.41, 5.74) is 0.0203. The fraction of sp³-hybridized carbons (Fsp3) is 0.333. The van der Waals surface area contributed by atoms with Crippen LogP contribution in [0.3, 0.4) is 0 Å². The summed E-state index contributed by atoms with van der Waals surface area (Å²) in [4.78, 5) is 13.7. The molecule has 1 aromatic carbocycles. The van der Waals surface area contributed by atoms with Gasteiger partial charge in [-0.05, 0) is 6.07 Å². The molecule has 1 unspecified atom stereocenters. The fourth-order valence-corrected chi connectivity index (χ4v) is 2.04. The second kappa shape index (κ2) is 4.72. The molecular weight excluding hydrogens is 256 g/mol. The Bertz CT molecular complexity index is 571. The zero-order valence-electron chi connectivity index (χ0n) is 10.4. The number of halogens is 2. The van der Waals surface area contributed by atoms with Gasteiger partial charge in [-0.3, -0.25) is 0 Å². The highest BCUT2D eigenvalue weighted by atomic mass is 19.1. The highest BCUT2D eigenvalue weighted by Gasteiger charge is 2.37. The fourth-order valence-electron chi connectivity index (χ4n) is 2.04. The van der Waals surface area contributed by atoms with E-state index in [0.29, 0.717) is 0 Å². The van der Waals surface area contributed by atoms with E-state index in [2.05, 4.69) is 4.74 Å². The smallest absolute Gasteiger partial charge is 0.333 e. The quantitative estimate of drug-likeness (QED) is 0.768. The van der Waals surface area contributed by atoms with Gasteiger partial charge in [0.2, 0.25) is 0 Å². The lowest BCUT2D eigenvalue weighted by Gasteiger charge is -2.19. The van der Waals surface area contributed by atoms with Gasteiger partial charge in [-0.15, -0.1) is 0 Å². The number of nitriles is 1. The third-order valence-corrected chi connectivity index (χ3v) is 3.11. The van der Waals surface area contributed by atoms with E-state index >= 15 is 0 Å². The number of urea groups is 1. The van der Waals surface area contributed by atoms with Gasteiger partial charge in [-0.25, -0.2) is 18.5 Å². The summed E-state index contributed by atoms with van der Waals surface area (Å²) in [7, 11) is 2.67. The molecule has 0 saturated carbocycles. The second-order valence-corrected chi connectivity index (χ2v) is 4.13. The molecule has 2 amide bonds. The van der Waals surface area contributed by atoms with E-state index in [4.69, 9.17) is 5.26 Å². The first-order valence-electron chi connectivity index (χ1n) is 5.46. The Hall–Kier alpha value is -2.36. The van der Waals surface area contributed by atoms with Crippen molar-refractivity contribution in [3.8, 4) is 11.9 Å². The molecule has 0 aliphatic carbocycles. The number of methoxy groups -OCH3 is 1. The molecule has 19 heavy (non-hydrogen) atoms. The first-order chi connectivity index (χ1) is 8.99. The summed E-state index contributed by atoms with van der Waals surface area (Å²) in [6.45, 7) is -0.00543. The summed E-state index contributed by atoms with van der Waals surface area (Å²) < 4.78 is 32.2. The van der Waals surface area contributed by atoms with Crippen LogP contribution in [0.4, 0.5) is 13.6 Å².